The molecule has 4 aliphatic rings. The quantitative estimate of drug-likeness (QED) is 0.181. The number of ether oxygens (including phenoxy) is 2. The fourth-order valence-corrected chi connectivity index (χ4v) is 7.06. The molecule has 6 nitrogen and oxygen atoms in total. The number of likely N-dealkylation sites (tertiary alicyclic amines) is 2. The van der Waals surface area contributed by atoms with Crippen molar-refractivity contribution >= 4 is 11.4 Å². The van der Waals surface area contributed by atoms with Crippen LogP contribution >= 0.6 is 0 Å². The fourth-order valence-electron chi connectivity index (χ4n) is 7.06. The maximum Gasteiger partial charge on any atom is 0.142 e. The highest BCUT2D eigenvalue weighted by Crippen LogP contribution is 2.30. The van der Waals surface area contributed by atoms with E-state index in [4.69, 9.17) is 19.5 Å². The minimum Gasteiger partial charge on any atom is -0.478 e. The smallest absolute Gasteiger partial charge is 0.142 e. The lowest BCUT2D eigenvalue weighted by Crippen LogP contribution is -2.38. The van der Waals surface area contributed by atoms with Gasteiger partial charge in [0.25, 0.3) is 0 Å². The molecule has 4 aromatic rings. The number of hydrogen-bond donors (Lipinski definition) is 0. The number of nitrogens with zero attached hydrogens (tertiary/aromatic N) is 4. The summed E-state index contributed by atoms with van der Waals surface area (Å²) in [5, 5.41) is 0. The first-order valence-electron chi connectivity index (χ1n) is 20.9. The molecule has 54 heavy (non-hydrogen) atoms. The van der Waals surface area contributed by atoms with Crippen LogP contribution in [0.4, 0.5) is 0 Å². The number of rotatable bonds is 8. The second-order valence-corrected chi connectivity index (χ2v) is 12.7. The van der Waals surface area contributed by atoms with E-state index in [0.717, 1.165) is 50.8 Å². The molecule has 0 unspecified atom stereocenters. The average Bonchev–Trinajstić information content (AvgIpc) is 3.92. The SMILES string of the molecule is CC.CC.CC.CC.c1ccc(OCN2CCC(C3=NCc4ccccc43)CC2)cc1.c1ccc(OCN2CCC(C3=NCc4ccccc43)CC2)cc1. The minimum absolute atomic E-state index is 0.603. The van der Waals surface area contributed by atoms with Gasteiger partial charge in [-0.3, -0.25) is 19.8 Å². The lowest BCUT2D eigenvalue weighted by molar-refractivity contribution is 0.0984. The van der Waals surface area contributed by atoms with Gasteiger partial charge in [0, 0.05) is 60.6 Å². The van der Waals surface area contributed by atoms with Crippen molar-refractivity contribution < 1.29 is 9.47 Å². The topological polar surface area (TPSA) is 49.7 Å². The monoisotopic (exact) mass is 733 g/mol. The van der Waals surface area contributed by atoms with Crippen molar-refractivity contribution in [1.29, 1.82) is 0 Å². The number of fused-ring (bicyclic) bond motifs is 2. The van der Waals surface area contributed by atoms with Crippen molar-refractivity contribution in [3.63, 3.8) is 0 Å². The summed E-state index contributed by atoms with van der Waals surface area (Å²) in [4.78, 5) is 14.4. The third-order valence-corrected chi connectivity index (χ3v) is 9.69. The molecule has 4 aromatic carbocycles. The van der Waals surface area contributed by atoms with Crippen molar-refractivity contribution in [2.45, 2.75) is 94.2 Å². The van der Waals surface area contributed by atoms with Crippen LogP contribution in [0, 0.1) is 11.8 Å². The molecule has 0 bridgehead atoms. The second kappa shape index (κ2) is 25.7. The van der Waals surface area contributed by atoms with Crippen LogP contribution in [-0.4, -0.2) is 60.9 Å². The van der Waals surface area contributed by atoms with Crippen LogP contribution in [0.25, 0.3) is 0 Å². The van der Waals surface area contributed by atoms with Crippen LogP contribution in [0.1, 0.15) is 103 Å². The Morgan fingerprint density at radius 3 is 1.11 bits per heavy atom. The van der Waals surface area contributed by atoms with E-state index >= 15 is 0 Å². The van der Waals surface area contributed by atoms with Gasteiger partial charge in [0.15, 0.2) is 0 Å². The van der Waals surface area contributed by atoms with Gasteiger partial charge in [0.2, 0.25) is 0 Å². The minimum atomic E-state index is 0.603. The summed E-state index contributed by atoms with van der Waals surface area (Å²) < 4.78 is 11.7. The van der Waals surface area contributed by atoms with Crippen LogP contribution in [0.5, 0.6) is 11.5 Å². The molecule has 0 amide bonds. The number of piperidine rings is 2. The summed E-state index contributed by atoms with van der Waals surface area (Å²) in [7, 11) is 0. The molecule has 0 atom stereocenters. The number of para-hydroxylation sites is 2. The van der Waals surface area contributed by atoms with Gasteiger partial charge in [0.1, 0.15) is 25.0 Å². The lowest BCUT2D eigenvalue weighted by Gasteiger charge is -2.31. The first-order valence-corrected chi connectivity index (χ1v) is 20.9. The molecule has 0 N–H and O–H groups in total. The molecular formula is C48H68N4O2. The second-order valence-electron chi connectivity index (χ2n) is 12.7. The molecule has 2 saturated heterocycles. The van der Waals surface area contributed by atoms with Crippen molar-refractivity contribution in [3.05, 3.63) is 131 Å². The van der Waals surface area contributed by atoms with E-state index in [0.29, 0.717) is 25.3 Å². The summed E-state index contributed by atoms with van der Waals surface area (Å²) in [6.45, 7) is 23.4. The van der Waals surface area contributed by atoms with Crippen LogP contribution in [0.2, 0.25) is 0 Å². The van der Waals surface area contributed by atoms with Crippen molar-refractivity contribution in [1.82, 2.24) is 9.80 Å². The number of aliphatic imine (C=N–C) groups is 2. The molecule has 8 rings (SSSR count). The van der Waals surface area contributed by atoms with E-state index in [1.807, 2.05) is 116 Å². The van der Waals surface area contributed by atoms with E-state index in [2.05, 4.69) is 58.3 Å². The summed E-state index contributed by atoms with van der Waals surface area (Å²) >= 11 is 0. The van der Waals surface area contributed by atoms with Crippen LogP contribution < -0.4 is 9.47 Å². The van der Waals surface area contributed by atoms with Gasteiger partial charge in [0.05, 0.1) is 13.1 Å². The van der Waals surface area contributed by atoms with Gasteiger partial charge in [-0.15, -0.1) is 0 Å². The summed E-state index contributed by atoms with van der Waals surface area (Å²) in [5.74, 6) is 3.10. The van der Waals surface area contributed by atoms with Crippen LogP contribution in [0.15, 0.2) is 119 Å². The maximum atomic E-state index is 5.86. The first kappa shape index (κ1) is 44.1. The standard InChI is InChI=1S/2C20H22N2O.4C2H6/c2*1-2-7-18(8-3-1)23-15-22-12-10-16(11-13-22)20-19-9-5-4-6-17(19)14-21-20;4*1-2/h2*1-9,16H,10-15H2;4*1-2H3. The van der Waals surface area contributed by atoms with E-state index in [1.54, 1.807) is 0 Å². The molecule has 4 heterocycles. The highest BCUT2D eigenvalue weighted by atomic mass is 16.5. The van der Waals surface area contributed by atoms with Crippen LogP contribution in [0.3, 0.4) is 0 Å². The first-order chi connectivity index (χ1) is 26.8. The number of hydrogen-bond acceptors (Lipinski definition) is 6. The Labute approximate surface area is 328 Å². The molecule has 0 radical (unpaired) electrons. The van der Waals surface area contributed by atoms with E-state index in [9.17, 15) is 0 Å². The summed E-state index contributed by atoms with van der Waals surface area (Å²) in [5.41, 5.74) is 8.21. The maximum absolute atomic E-state index is 5.86. The third-order valence-electron chi connectivity index (χ3n) is 9.69. The van der Waals surface area contributed by atoms with Gasteiger partial charge in [-0.05, 0) is 61.1 Å². The van der Waals surface area contributed by atoms with E-state index in [-0.39, 0.29) is 0 Å². The third kappa shape index (κ3) is 13.0. The van der Waals surface area contributed by atoms with Crippen molar-refractivity contribution in [3.8, 4) is 11.5 Å². The Morgan fingerprint density at radius 2 is 0.759 bits per heavy atom. The summed E-state index contributed by atoms with van der Waals surface area (Å²) in [6.07, 6.45) is 4.69. The van der Waals surface area contributed by atoms with Crippen molar-refractivity contribution in [2.75, 3.05) is 39.6 Å². The predicted molar refractivity (Wildman–Crippen MR) is 231 cm³/mol. The molecule has 0 aromatic heterocycles. The highest BCUT2D eigenvalue weighted by Gasteiger charge is 2.29. The van der Waals surface area contributed by atoms with Crippen LogP contribution in [-0.2, 0) is 13.1 Å². The zero-order chi connectivity index (χ0) is 39.0. The Balaban J connectivity index is 0.000000246. The Hall–Kier alpha value is -4.26. The zero-order valence-corrected chi connectivity index (χ0v) is 34.6. The highest BCUT2D eigenvalue weighted by molar-refractivity contribution is 6.05. The largest absolute Gasteiger partial charge is 0.478 e. The molecule has 292 valence electrons. The van der Waals surface area contributed by atoms with Gasteiger partial charge >= 0.3 is 0 Å². The normalized spacial score (nSPS) is 16.2. The predicted octanol–water partition coefficient (Wildman–Crippen LogP) is 11.6. The van der Waals surface area contributed by atoms with Gasteiger partial charge in [-0.1, -0.05) is 140 Å². The van der Waals surface area contributed by atoms with Crippen molar-refractivity contribution in [2.24, 2.45) is 21.8 Å². The van der Waals surface area contributed by atoms with Gasteiger partial charge < -0.3 is 9.47 Å². The lowest BCUT2D eigenvalue weighted by atomic mass is 9.88. The van der Waals surface area contributed by atoms with E-state index < -0.39 is 0 Å². The Morgan fingerprint density at radius 1 is 0.444 bits per heavy atom. The number of benzene rings is 4. The fraction of sp³-hybridized carbons (Fsp3) is 0.458. The molecular weight excluding hydrogens is 665 g/mol. The summed E-state index contributed by atoms with van der Waals surface area (Å²) in [6, 6.07) is 37.5. The molecule has 6 heteroatoms. The van der Waals surface area contributed by atoms with Gasteiger partial charge in [-0.25, -0.2) is 0 Å². The molecule has 0 saturated carbocycles. The van der Waals surface area contributed by atoms with E-state index in [1.165, 1.54) is 59.4 Å². The Kier molecular flexibility index (Phi) is 21.0. The Bertz CT molecular complexity index is 1500. The average molecular weight is 733 g/mol. The molecule has 4 aliphatic heterocycles. The molecule has 0 spiro atoms. The molecule has 0 aliphatic carbocycles. The van der Waals surface area contributed by atoms with Gasteiger partial charge in [-0.2, -0.15) is 0 Å². The molecule has 2 fully saturated rings. The zero-order valence-electron chi connectivity index (χ0n) is 34.6.